The van der Waals surface area contributed by atoms with Crippen molar-refractivity contribution in [3.63, 3.8) is 0 Å². The third-order valence-electron chi connectivity index (χ3n) is 6.95. The maximum Gasteiger partial charge on any atom is 0.410 e. The van der Waals surface area contributed by atoms with Gasteiger partial charge in [0.2, 0.25) is 0 Å². The van der Waals surface area contributed by atoms with Crippen LogP contribution in [0.2, 0.25) is 5.04 Å². The van der Waals surface area contributed by atoms with Crippen LogP contribution < -0.4 is 10.4 Å². The van der Waals surface area contributed by atoms with Gasteiger partial charge in [0.1, 0.15) is 0 Å². The summed E-state index contributed by atoms with van der Waals surface area (Å²) in [6.07, 6.45) is 1.52. The topological polar surface area (TPSA) is 38.8 Å². The van der Waals surface area contributed by atoms with Gasteiger partial charge in [-0.1, -0.05) is 112 Å². The zero-order chi connectivity index (χ0) is 24.2. The summed E-state index contributed by atoms with van der Waals surface area (Å²) < 4.78 is 12.4. The van der Waals surface area contributed by atoms with E-state index in [1.54, 1.807) is 0 Å². The molecule has 0 radical (unpaired) electrons. The molecule has 0 N–H and O–H groups in total. The Morgan fingerprint density at radius 1 is 0.853 bits per heavy atom. The van der Waals surface area contributed by atoms with Crippen LogP contribution in [0.5, 0.6) is 0 Å². The van der Waals surface area contributed by atoms with Crippen LogP contribution in [0.3, 0.4) is 0 Å². The van der Waals surface area contributed by atoms with E-state index in [0.29, 0.717) is 13.2 Å². The number of carbonyl (C=O) groups is 1. The second-order valence-electron chi connectivity index (χ2n) is 10.2. The predicted octanol–water partition coefficient (Wildman–Crippen LogP) is 5.36. The first-order valence-corrected chi connectivity index (χ1v) is 13.9. The molecule has 178 valence electrons. The summed E-state index contributed by atoms with van der Waals surface area (Å²) in [5.41, 5.74) is 0.736. The Hall–Kier alpha value is -2.89. The highest BCUT2D eigenvalue weighted by atomic mass is 28.4. The molecule has 0 bridgehead atoms. The minimum Gasteiger partial charge on any atom is -0.453 e. The first kappa shape index (κ1) is 24.2. The molecule has 4 rings (SSSR count). The number of benzene rings is 3. The van der Waals surface area contributed by atoms with E-state index in [1.807, 2.05) is 23.1 Å². The van der Waals surface area contributed by atoms with E-state index in [1.165, 1.54) is 17.5 Å². The Kier molecular flexibility index (Phi) is 6.96. The van der Waals surface area contributed by atoms with Crippen molar-refractivity contribution in [1.82, 2.24) is 4.90 Å². The molecule has 1 aliphatic carbocycles. The fourth-order valence-corrected chi connectivity index (χ4v) is 9.58. The molecule has 4 nitrogen and oxygen atoms in total. The molecule has 0 spiro atoms. The van der Waals surface area contributed by atoms with E-state index in [9.17, 15) is 4.79 Å². The maximum atomic E-state index is 12.9. The number of nitrogens with zero attached hydrogens (tertiary/aromatic N) is 1. The lowest BCUT2D eigenvalue weighted by Crippen LogP contribution is -2.67. The number of ether oxygens (including phenoxy) is 1. The smallest absolute Gasteiger partial charge is 0.410 e. The van der Waals surface area contributed by atoms with Crippen molar-refractivity contribution in [2.24, 2.45) is 0 Å². The molecule has 3 aromatic rings. The van der Waals surface area contributed by atoms with Gasteiger partial charge in [-0.05, 0) is 33.8 Å². The molecule has 5 heteroatoms. The normalized spacial score (nSPS) is 14.9. The molecule has 0 saturated heterocycles. The minimum absolute atomic E-state index is 0.110. The predicted molar refractivity (Wildman–Crippen MR) is 140 cm³/mol. The second kappa shape index (κ2) is 9.77. The van der Waals surface area contributed by atoms with Crippen LogP contribution in [-0.4, -0.2) is 38.6 Å². The average Bonchev–Trinajstić information content (AvgIpc) is 3.64. The summed E-state index contributed by atoms with van der Waals surface area (Å²) in [5, 5.41) is 2.38. The number of amides is 1. The first-order valence-electron chi connectivity index (χ1n) is 12.0. The van der Waals surface area contributed by atoms with Gasteiger partial charge < -0.3 is 9.16 Å². The third kappa shape index (κ3) is 4.68. The van der Waals surface area contributed by atoms with Crippen LogP contribution >= 0.6 is 0 Å². The molecular formula is C29H35NO3Si. The highest BCUT2D eigenvalue weighted by molar-refractivity contribution is 6.99. The lowest BCUT2D eigenvalue weighted by Gasteiger charge is -2.44. The van der Waals surface area contributed by atoms with Gasteiger partial charge in [-0.15, -0.1) is 0 Å². The van der Waals surface area contributed by atoms with Gasteiger partial charge in [-0.2, -0.15) is 0 Å². The SMILES string of the molecule is COC(=O)N(Cc1ccccc1)C1(CO[Si](c2ccccc2)(c2ccccc2)C(C)(C)C)CC1. The van der Waals surface area contributed by atoms with Gasteiger partial charge in [-0.3, -0.25) is 4.90 Å². The minimum atomic E-state index is -2.68. The van der Waals surface area contributed by atoms with E-state index in [0.717, 1.165) is 18.4 Å². The van der Waals surface area contributed by atoms with Crippen molar-refractivity contribution < 1.29 is 14.0 Å². The monoisotopic (exact) mass is 473 g/mol. The summed E-state index contributed by atoms with van der Waals surface area (Å²) in [5.74, 6) is 0. The van der Waals surface area contributed by atoms with Crippen LogP contribution in [0.4, 0.5) is 4.79 Å². The van der Waals surface area contributed by atoms with E-state index in [4.69, 9.17) is 9.16 Å². The fraction of sp³-hybridized carbons (Fsp3) is 0.345. The number of methoxy groups -OCH3 is 1. The molecule has 0 unspecified atom stereocenters. The van der Waals surface area contributed by atoms with Gasteiger partial charge in [0.15, 0.2) is 0 Å². The van der Waals surface area contributed by atoms with Gasteiger partial charge in [0.05, 0.1) is 19.3 Å². The van der Waals surface area contributed by atoms with E-state index in [2.05, 4.69) is 93.6 Å². The number of hydrogen-bond acceptors (Lipinski definition) is 3. The molecule has 0 atom stereocenters. The highest BCUT2D eigenvalue weighted by Gasteiger charge is 2.56. The van der Waals surface area contributed by atoms with E-state index >= 15 is 0 Å². The second-order valence-corrected chi connectivity index (χ2v) is 14.5. The van der Waals surface area contributed by atoms with Crippen LogP contribution in [0.25, 0.3) is 0 Å². The van der Waals surface area contributed by atoms with Crippen molar-refractivity contribution in [3.05, 3.63) is 96.6 Å². The highest BCUT2D eigenvalue weighted by Crippen LogP contribution is 2.45. The molecular weight excluding hydrogens is 438 g/mol. The zero-order valence-electron chi connectivity index (χ0n) is 20.7. The van der Waals surface area contributed by atoms with Gasteiger partial charge in [-0.25, -0.2) is 4.79 Å². The fourth-order valence-electron chi connectivity index (χ4n) is 4.94. The van der Waals surface area contributed by atoms with Crippen molar-refractivity contribution in [1.29, 1.82) is 0 Å². The Balaban J connectivity index is 1.71. The zero-order valence-corrected chi connectivity index (χ0v) is 21.7. The summed E-state index contributed by atoms with van der Waals surface area (Å²) in [4.78, 5) is 14.8. The van der Waals surface area contributed by atoms with Gasteiger partial charge >= 0.3 is 6.09 Å². The van der Waals surface area contributed by atoms with Gasteiger partial charge in [0.25, 0.3) is 8.32 Å². The molecule has 1 aliphatic rings. The Labute approximate surface area is 204 Å². The standard InChI is InChI=1S/C29H35NO3Si/c1-28(2,3)34(25-16-10-6-11-17-25,26-18-12-7-13-19-26)33-23-29(20-21-29)30(27(31)32-4)22-24-14-8-5-9-15-24/h5-19H,20-23H2,1-4H3. The molecule has 34 heavy (non-hydrogen) atoms. The lowest BCUT2D eigenvalue weighted by molar-refractivity contribution is 0.0726. The number of carbonyl (C=O) groups excluding carboxylic acids is 1. The Bertz CT molecular complexity index is 1040. The summed E-state index contributed by atoms with van der Waals surface area (Å²) in [6, 6.07) is 31.4. The van der Waals surface area contributed by atoms with Crippen LogP contribution in [0.15, 0.2) is 91.0 Å². The molecule has 1 fully saturated rings. The van der Waals surface area contributed by atoms with E-state index in [-0.39, 0.29) is 16.7 Å². The molecule has 3 aromatic carbocycles. The largest absolute Gasteiger partial charge is 0.453 e. The van der Waals surface area contributed by atoms with Crippen LogP contribution in [-0.2, 0) is 15.7 Å². The Morgan fingerprint density at radius 2 is 1.32 bits per heavy atom. The molecule has 1 amide bonds. The molecule has 0 aliphatic heterocycles. The number of rotatable bonds is 8. The molecule has 0 aromatic heterocycles. The molecule has 0 heterocycles. The van der Waals surface area contributed by atoms with Crippen molar-refractivity contribution >= 4 is 24.8 Å². The summed E-state index contributed by atoms with van der Waals surface area (Å²) in [7, 11) is -1.22. The molecule has 1 saturated carbocycles. The van der Waals surface area contributed by atoms with Crippen molar-refractivity contribution in [2.75, 3.05) is 13.7 Å². The first-order chi connectivity index (χ1) is 16.3. The average molecular weight is 474 g/mol. The van der Waals surface area contributed by atoms with Crippen molar-refractivity contribution in [2.45, 2.75) is 50.7 Å². The Morgan fingerprint density at radius 3 is 1.74 bits per heavy atom. The third-order valence-corrected chi connectivity index (χ3v) is 11.9. The summed E-state index contributed by atoms with van der Waals surface area (Å²) >= 11 is 0. The van der Waals surface area contributed by atoms with Crippen molar-refractivity contribution in [3.8, 4) is 0 Å². The van der Waals surface area contributed by atoms with Crippen LogP contribution in [0, 0.1) is 0 Å². The van der Waals surface area contributed by atoms with Gasteiger partial charge in [0, 0.05) is 6.54 Å². The summed E-state index contributed by atoms with van der Waals surface area (Å²) in [6.45, 7) is 7.84. The maximum absolute atomic E-state index is 12.9. The van der Waals surface area contributed by atoms with Crippen LogP contribution in [0.1, 0.15) is 39.2 Å². The number of hydrogen-bond donors (Lipinski definition) is 0. The lowest BCUT2D eigenvalue weighted by atomic mass is 10.1. The quantitative estimate of drug-likeness (QED) is 0.413. The van der Waals surface area contributed by atoms with E-state index < -0.39 is 8.32 Å².